The Hall–Kier alpha value is -4.31. The van der Waals surface area contributed by atoms with Crippen LogP contribution in [-0.2, 0) is 7.05 Å². The van der Waals surface area contributed by atoms with Gasteiger partial charge in [0.2, 0.25) is 5.69 Å². The zero-order valence-corrected chi connectivity index (χ0v) is 19.7. The van der Waals surface area contributed by atoms with Crippen LogP contribution in [0.5, 0.6) is 11.5 Å². The number of nitrogens with zero attached hydrogens (tertiary/aromatic N) is 1. The fraction of sp³-hybridized carbons (Fsp3) is 0.0645. The largest absolute Gasteiger partial charge is 0.454 e. The average Bonchev–Trinajstić information content (AvgIpc) is 3.27. The molecule has 2 aromatic heterocycles. The lowest BCUT2D eigenvalue weighted by molar-refractivity contribution is -0.660. The molecule has 0 fully saturated rings. The summed E-state index contributed by atoms with van der Waals surface area (Å²) in [6.07, 6.45) is 2.07. The van der Waals surface area contributed by atoms with E-state index in [-0.39, 0.29) is 6.71 Å². The van der Waals surface area contributed by atoms with Crippen molar-refractivity contribution in [1.29, 1.82) is 0 Å². The molecule has 0 atom stereocenters. The lowest BCUT2D eigenvalue weighted by Gasteiger charge is -2.26. The Morgan fingerprint density at radius 1 is 0.686 bits per heavy atom. The van der Waals surface area contributed by atoms with E-state index in [2.05, 4.69) is 110 Å². The fourth-order valence-electron chi connectivity index (χ4n) is 5.52. The topological polar surface area (TPSA) is 26.2 Å². The van der Waals surface area contributed by atoms with Gasteiger partial charge in [-0.1, -0.05) is 78.3 Å². The van der Waals surface area contributed by atoms with Crippen LogP contribution in [0.3, 0.4) is 0 Å². The molecule has 3 heterocycles. The molecule has 0 saturated heterocycles. The van der Waals surface area contributed by atoms with Crippen LogP contribution in [0.25, 0.3) is 33.2 Å². The molecule has 0 aliphatic carbocycles. The highest BCUT2D eigenvalue weighted by Crippen LogP contribution is 2.41. The summed E-state index contributed by atoms with van der Waals surface area (Å²) in [6.45, 7) is 2.23. The summed E-state index contributed by atoms with van der Waals surface area (Å²) in [5, 5.41) is 2.18. The molecule has 1 aliphatic heterocycles. The lowest BCUT2D eigenvalue weighted by atomic mass is 9.36. The molecule has 4 aromatic carbocycles. The van der Waals surface area contributed by atoms with E-state index in [0.717, 1.165) is 50.2 Å². The number of hydrogen-bond acceptors (Lipinski definition) is 2. The van der Waals surface area contributed by atoms with Gasteiger partial charge < -0.3 is 9.15 Å². The van der Waals surface area contributed by atoms with Crippen molar-refractivity contribution in [2.75, 3.05) is 0 Å². The van der Waals surface area contributed by atoms with E-state index in [9.17, 15) is 0 Å². The van der Waals surface area contributed by atoms with Crippen LogP contribution in [0.1, 0.15) is 5.56 Å². The quantitative estimate of drug-likeness (QED) is 0.272. The summed E-state index contributed by atoms with van der Waals surface area (Å²) in [7, 11) is 2.07. The number of hydrogen-bond donors (Lipinski definition) is 0. The van der Waals surface area contributed by atoms with Gasteiger partial charge >= 0.3 is 0 Å². The van der Waals surface area contributed by atoms with Gasteiger partial charge in [0.15, 0.2) is 17.5 Å². The van der Waals surface area contributed by atoms with Gasteiger partial charge in [-0.3, -0.25) is 0 Å². The van der Waals surface area contributed by atoms with Gasteiger partial charge in [0, 0.05) is 22.9 Å². The average molecular weight is 452 g/mol. The number of rotatable bonds is 2. The first-order valence-electron chi connectivity index (χ1n) is 12.0. The minimum Gasteiger partial charge on any atom is -0.454 e. The minimum absolute atomic E-state index is 0.0851. The zero-order chi connectivity index (χ0) is 23.5. The third kappa shape index (κ3) is 2.96. The molecule has 0 bridgehead atoms. The summed E-state index contributed by atoms with van der Waals surface area (Å²) in [5.74, 6) is 1.69. The highest BCUT2D eigenvalue weighted by molar-refractivity contribution is 6.97. The maximum atomic E-state index is 6.73. The van der Waals surface area contributed by atoms with E-state index in [1.165, 1.54) is 16.5 Å². The highest BCUT2D eigenvalue weighted by atomic mass is 16.5. The normalized spacial score (nSPS) is 12.5. The highest BCUT2D eigenvalue weighted by Gasteiger charge is 2.34. The molecule has 7 rings (SSSR count). The maximum Gasteiger partial charge on any atom is 0.251 e. The molecular weight excluding hydrogens is 429 g/mol. The number of benzene rings is 4. The Morgan fingerprint density at radius 3 is 2.29 bits per heavy atom. The van der Waals surface area contributed by atoms with Crippen LogP contribution in [0.15, 0.2) is 108 Å². The number of para-hydroxylation sites is 1. The monoisotopic (exact) mass is 452 g/mol. The Bertz CT molecular complexity index is 1750. The Morgan fingerprint density at radius 2 is 1.43 bits per heavy atom. The molecule has 0 radical (unpaired) electrons. The lowest BCUT2D eigenvalue weighted by Crippen LogP contribution is -2.54. The fourth-order valence-corrected chi connectivity index (χ4v) is 5.52. The Balaban J connectivity index is 1.54. The summed E-state index contributed by atoms with van der Waals surface area (Å²) in [6, 6.07) is 34.0. The number of fused-ring (bicyclic) bond motifs is 6. The van der Waals surface area contributed by atoms with Gasteiger partial charge in [-0.05, 0) is 35.5 Å². The van der Waals surface area contributed by atoms with Crippen LogP contribution in [0, 0.1) is 6.92 Å². The molecule has 0 amide bonds. The first-order chi connectivity index (χ1) is 17.2. The van der Waals surface area contributed by atoms with Gasteiger partial charge in [-0.15, -0.1) is 0 Å². The first-order valence-corrected chi connectivity index (χ1v) is 12.0. The predicted molar refractivity (Wildman–Crippen MR) is 143 cm³/mol. The zero-order valence-electron chi connectivity index (χ0n) is 19.7. The van der Waals surface area contributed by atoms with E-state index in [0.29, 0.717) is 0 Å². The molecule has 0 N–H and O–H groups in total. The van der Waals surface area contributed by atoms with Gasteiger partial charge in [0.25, 0.3) is 6.71 Å². The van der Waals surface area contributed by atoms with Crippen molar-refractivity contribution in [2.24, 2.45) is 7.05 Å². The van der Waals surface area contributed by atoms with Crippen LogP contribution in [0.4, 0.5) is 0 Å². The van der Waals surface area contributed by atoms with Crippen LogP contribution < -0.4 is 25.7 Å². The molecule has 4 heteroatoms. The van der Waals surface area contributed by atoms with Crippen molar-refractivity contribution < 1.29 is 13.7 Å². The maximum absolute atomic E-state index is 6.73. The van der Waals surface area contributed by atoms with E-state index in [4.69, 9.17) is 9.15 Å². The van der Waals surface area contributed by atoms with Gasteiger partial charge in [0.05, 0.1) is 5.56 Å². The molecule has 0 unspecified atom stereocenters. The molecular formula is C31H23BNO2+. The van der Waals surface area contributed by atoms with Gasteiger partial charge in [0.1, 0.15) is 18.4 Å². The second-order valence-electron chi connectivity index (χ2n) is 9.28. The van der Waals surface area contributed by atoms with Crippen molar-refractivity contribution in [3.05, 3.63) is 109 Å². The van der Waals surface area contributed by atoms with E-state index >= 15 is 0 Å². The Labute approximate surface area is 204 Å². The molecule has 6 aromatic rings. The predicted octanol–water partition coefficient (Wildman–Crippen LogP) is 5.01. The van der Waals surface area contributed by atoms with Crippen molar-refractivity contribution in [1.82, 2.24) is 0 Å². The third-order valence-electron chi connectivity index (χ3n) is 7.20. The van der Waals surface area contributed by atoms with Crippen LogP contribution >= 0.6 is 0 Å². The smallest absolute Gasteiger partial charge is 0.251 e. The number of furan rings is 1. The van der Waals surface area contributed by atoms with Crippen LogP contribution in [0.2, 0.25) is 0 Å². The third-order valence-corrected chi connectivity index (χ3v) is 7.20. The van der Waals surface area contributed by atoms with Crippen molar-refractivity contribution in [2.45, 2.75) is 6.92 Å². The molecule has 35 heavy (non-hydrogen) atoms. The number of ether oxygens (including phenoxy) is 1. The summed E-state index contributed by atoms with van der Waals surface area (Å²) in [5.41, 5.74) is 8.67. The minimum atomic E-state index is 0.0851. The number of aryl methyl sites for hydroxylation is 2. The molecule has 0 saturated carbocycles. The summed E-state index contributed by atoms with van der Waals surface area (Å²) < 4.78 is 15.4. The van der Waals surface area contributed by atoms with E-state index in [1.807, 2.05) is 12.1 Å². The first kappa shape index (κ1) is 20.1. The van der Waals surface area contributed by atoms with Crippen molar-refractivity contribution in [3.8, 4) is 22.8 Å². The summed E-state index contributed by atoms with van der Waals surface area (Å²) in [4.78, 5) is 0. The second-order valence-corrected chi connectivity index (χ2v) is 9.28. The SMILES string of the molecule is Cc1ccc2c(oc3c4c(ccc32)B(c2ccccc2)c2ccccc2O4)c1-c1cccc[n+]1C. The number of aromatic nitrogens is 1. The Kier molecular flexibility index (Phi) is 4.37. The van der Waals surface area contributed by atoms with Gasteiger partial charge in [-0.25, -0.2) is 4.57 Å². The van der Waals surface area contributed by atoms with Crippen LogP contribution in [-0.4, -0.2) is 6.71 Å². The molecule has 166 valence electrons. The van der Waals surface area contributed by atoms with Gasteiger partial charge in [-0.2, -0.15) is 0 Å². The standard InChI is InChI=1S/C31H23BNO2/c1-20-15-16-22-23-17-18-25-31(30(23)35-29(22)28(20)26-13-8-9-19-33(26)2)34-27-14-7-6-12-24(27)32(25)21-10-4-3-5-11-21/h3-19H,1-2H3/q+1. The van der Waals surface area contributed by atoms with Crippen molar-refractivity contribution >= 4 is 45.0 Å². The molecule has 0 spiro atoms. The second kappa shape index (κ2) is 7.61. The summed E-state index contributed by atoms with van der Waals surface area (Å²) >= 11 is 0. The molecule has 3 nitrogen and oxygen atoms in total. The van der Waals surface area contributed by atoms with E-state index in [1.54, 1.807) is 0 Å². The molecule has 1 aliphatic rings. The number of pyridine rings is 1. The van der Waals surface area contributed by atoms with Crippen molar-refractivity contribution in [3.63, 3.8) is 0 Å². The van der Waals surface area contributed by atoms with E-state index < -0.39 is 0 Å².